The predicted molar refractivity (Wildman–Crippen MR) is 122 cm³/mol. The molecule has 0 unspecified atom stereocenters. The number of rotatable bonds is 5. The van der Waals surface area contributed by atoms with E-state index >= 15 is 0 Å². The summed E-state index contributed by atoms with van der Waals surface area (Å²) in [5.41, 5.74) is 0.0613. The number of amides is 1. The molecule has 1 spiro atoms. The maximum atomic E-state index is 14.9. The molecule has 0 bridgehead atoms. The molecule has 10 heteroatoms. The van der Waals surface area contributed by atoms with Gasteiger partial charge in [-0.25, -0.2) is 28.1 Å². The average Bonchev–Trinajstić information content (AvgIpc) is 3.14. The largest absolute Gasteiger partial charge is 0.363 e. The summed E-state index contributed by atoms with van der Waals surface area (Å²) in [4.78, 5) is 27.2. The summed E-state index contributed by atoms with van der Waals surface area (Å²) < 4.78 is 42.6. The second kappa shape index (κ2) is 7.82. The lowest BCUT2D eigenvalue weighted by atomic mass is 9.79. The fourth-order valence-corrected chi connectivity index (χ4v) is 4.83. The van der Waals surface area contributed by atoms with Crippen molar-refractivity contribution in [3.05, 3.63) is 53.2 Å². The van der Waals surface area contributed by atoms with Crippen molar-refractivity contribution < 1.29 is 18.0 Å². The molecular formula is C24H25F3N6O. The molecule has 1 atom stereocenters. The number of carbonyl (C=O) groups is 1. The highest BCUT2D eigenvalue weighted by molar-refractivity contribution is 5.91. The fourth-order valence-electron chi connectivity index (χ4n) is 4.83. The number of anilines is 2. The Kier molecular flexibility index (Phi) is 5.14. The molecule has 34 heavy (non-hydrogen) atoms. The van der Waals surface area contributed by atoms with Crippen molar-refractivity contribution in [2.24, 2.45) is 5.41 Å². The van der Waals surface area contributed by atoms with Crippen molar-refractivity contribution in [3.63, 3.8) is 0 Å². The number of pyridine rings is 1. The number of fused-ring (bicyclic) bond motifs is 1. The number of aromatic nitrogens is 3. The van der Waals surface area contributed by atoms with Crippen LogP contribution in [0, 0.1) is 18.2 Å². The summed E-state index contributed by atoms with van der Waals surface area (Å²) in [5.74, 6) is -2.43. The Hall–Kier alpha value is -3.43. The van der Waals surface area contributed by atoms with Crippen LogP contribution in [0.15, 0.2) is 30.5 Å². The van der Waals surface area contributed by atoms with E-state index < -0.39 is 23.3 Å². The minimum Gasteiger partial charge on any atom is -0.363 e. The lowest BCUT2D eigenvalue weighted by Crippen LogP contribution is -2.57. The number of benzene rings is 1. The third-order valence-corrected chi connectivity index (χ3v) is 6.57. The summed E-state index contributed by atoms with van der Waals surface area (Å²) in [6.07, 6.45) is 2.18. The lowest BCUT2D eigenvalue weighted by Gasteiger charge is -2.47. The van der Waals surface area contributed by atoms with Crippen molar-refractivity contribution in [1.82, 2.24) is 20.3 Å². The van der Waals surface area contributed by atoms with Crippen LogP contribution in [0.2, 0.25) is 0 Å². The van der Waals surface area contributed by atoms with Gasteiger partial charge in [-0.3, -0.25) is 4.79 Å². The fraction of sp³-hybridized carbons (Fsp3) is 0.417. The molecule has 4 heterocycles. The highest BCUT2D eigenvalue weighted by Crippen LogP contribution is 2.40. The number of aryl methyl sites for hydroxylation is 1. The lowest BCUT2D eigenvalue weighted by molar-refractivity contribution is -0.119. The Morgan fingerprint density at radius 2 is 2.03 bits per heavy atom. The Morgan fingerprint density at radius 1 is 1.26 bits per heavy atom. The van der Waals surface area contributed by atoms with Gasteiger partial charge in [0.2, 0.25) is 5.91 Å². The zero-order valence-corrected chi connectivity index (χ0v) is 19.1. The molecule has 1 amide bonds. The van der Waals surface area contributed by atoms with Crippen LogP contribution >= 0.6 is 0 Å². The minimum absolute atomic E-state index is 0.0447. The first-order valence-corrected chi connectivity index (χ1v) is 11.1. The molecule has 1 aromatic carbocycles. The molecule has 2 aromatic heterocycles. The Labute approximate surface area is 194 Å². The van der Waals surface area contributed by atoms with E-state index in [1.165, 1.54) is 12.1 Å². The van der Waals surface area contributed by atoms with Crippen LogP contribution in [0.4, 0.5) is 24.8 Å². The predicted octanol–water partition coefficient (Wildman–Crippen LogP) is 4.08. The summed E-state index contributed by atoms with van der Waals surface area (Å²) in [6.45, 7) is 6.24. The molecule has 2 N–H and O–H groups in total. The molecule has 0 saturated carbocycles. The van der Waals surface area contributed by atoms with Crippen LogP contribution in [0.5, 0.6) is 0 Å². The Balaban J connectivity index is 1.44. The van der Waals surface area contributed by atoms with E-state index in [-0.39, 0.29) is 16.9 Å². The topological polar surface area (TPSA) is 83.0 Å². The number of hydrogen-bond donors (Lipinski definition) is 2. The zero-order valence-electron chi connectivity index (χ0n) is 19.1. The molecule has 5 rings (SSSR count). The molecular weight excluding hydrogens is 445 g/mol. The molecule has 7 nitrogen and oxygen atoms in total. The first-order valence-electron chi connectivity index (χ1n) is 11.1. The van der Waals surface area contributed by atoms with Crippen LogP contribution in [0.25, 0.3) is 10.9 Å². The molecule has 2 saturated heterocycles. The molecule has 178 valence electrons. The molecule has 0 aliphatic carbocycles. The first-order chi connectivity index (χ1) is 16.0. The monoisotopic (exact) mass is 470 g/mol. The normalized spacial score (nSPS) is 18.2. The molecule has 2 fully saturated rings. The van der Waals surface area contributed by atoms with Crippen molar-refractivity contribution in [3.8, 4) is 0 Å². The summed E-state index contributed by atoms with van der Waals surface area (Å²) >= 11 is 0. The zero-order chi connectivity index (χ0) is 24.3. The van der Waals surface area contributed by atoms with Gasteiger partial charge < -0.3 is 15.5 Å². The average molecular weight is 470 g/mol. The summed E-state index contributed by atoms with van der Waals surface area (Å²) in [5, 5.41) is 6.77. The quantitative estimate of drug-likeness (QED) is 0.585. The number of carbonyl (C=O) groups excluding carboxylic acids is 1. The second-order valence-corrected chi connectivity index (χ2v) is 9.45. The summed E-state index contributed by atoms with van der Waals surface area (Å²) in [6, 6.07) is 5.26. The van der Waals surface area contributed by atoms with Gasteiger partial charge in [-0.05, 0) is 19.9 Å². The van der Waals surface area contributed by atoms with Gasteiger partial charge in [-0.2, -0.15) is 0 Å². The standard InChI is InChI=1S/C24H25F3N6O/c1-13(15-5-4-6-17(21(15)25)23(3,26)27)30-22-16-7-19(28-9-18(16)31-14(2)32-22)33-11-24(12-33)8-20(34)29-10-24/h4-7,9,13H,8,10-12H2,1-3H3,(H,29,34)(H,30,31,32)/t13-/m1/s1. The van der Waals surface area contributed by atoms with Crippen molar-refractivity contribution >= 4 is 28.4 Å². The number of halogens is 3. The van der Waals surface area contributed by atoms with E-state index in [1.54, 1.807) is 20.0 Å². The molecule has 2 aliphatic heterocycles. The van der Waals surface area contributed by atoms with Crippen LogP contribution in [-0.2, 0) is 10.7 Å². The number of nitrogens with zero attached hydrogens (tertiary/aromatic N) is 4. The van der Waals surface area contributed by atoms with Gasteiger partial charge >= 0.3 is 0 Å². The molecule has 2 aliphatic rings. The maximum Gasteiger partial charge on any atom is 0.273 e. The van der Waals surface area contributed by atoms with Crippen molar-refractivity contribution in [2.45, 2.75) is 39.2 Å². The molecule has 0 radical (unpaired) electrons. The van der Waals surface area contributed by atoms with Gasteiger partial charge in [-0.1, -0.05) is 18.2 Å². The second-order valence-electron chi connectivity index (χ2n) is 9.45. The van der Waals surface area contributed by atoms with Gasteiger partial charge in [-0.15, -0.1) is 0 Å². The minimum atomic E-state index is -3.29. The SMILES string of the molecule is Cc1nc(N[C@H](C)c2cccc(C(C)(F)F)c2F)c2cc(N3CC4(CNC(=O)C4)C3)ncc2n1. The summed E-state index contributed by atoms with van der Waals surface area (Å²) in [7, 11) is 0. The van der Waals surface area contributed by atoms with Crippen LogP contribution in [-0.4, -0.2) is 40.5 Å². The van der Waals surface area contributed by atoms with Gasteiger partial charge in [0.05, 0.1) is 23.3 Å². The first kappa shape index (κ1) is 22.4. The van der Waals surface area contributed by atoms with E-state index in [0.29, 0.717) is 42.4 Å². The Bertz CT molecular complexity index is 1290. The third-order valence-electron chi connectivity index (χ3n) is 6.57. The number of hydrogen-bond acceptors (Lipinski definition) is 6. The van der Waals surface area contributed by atoms with E-state index in [2.05, 4.69) is 30.5 Å². The highest BCUT2D eigenvalue weighted by Gasteiger charge is 2.48. The maximum absolute atomic E-state index is 14.9. The Morgan fingerprint density at radius 3 is 2.71 bits per heavy atom. The number of nitrogens with one attached hydrogen (secondary N) is 2. The smallest absolute Gasteiger partial charge is 0.273 e. The van der Waals surface area contributed by atoms with E-state index in [0.717, 1.165) is 25.0 Å². The van der Waals surface area contributed by atoms with Gasteiger partial charge in [0.15, 0.2) is 0 Å². The number of alkyl halides is 2. The van der Waals surface area contributed by atoms with E-state index in [4.69, 9.17) is 0 Å². The van der Waals surface area contributed by atoms with E-state index in [9.17, 15) is 18.0 Å². The van der Waals surface area contributed by atoms with Crippen LogP contribution in [0.3, 0.4) is 0 Å². The van der Waals surface area contributed by atoms with Gasteiger partial charge in [0, 0.05) is 49.3 Å². The van der Waals surface area contributed by atoms with E-state index in [1.807, 2.05) is 6.07 Å². The van der Waals surface area contributed by atoms with Crippen molar-refractivity contribution in [1.29, 1.82) is 0 Å². The van der Waals surface area contributed by atoms with Gasteiger partial charge in [0.25, 0.3) is 5.92 Å². The molecule has 3 aromatic rings. The van der Waals surface area contributed by atoms with Crippen LogP contribution in [0.1, 0.15) is 43.3 Å². The van der Waals surface area contributed by atoms with Gasteiger partial charge in [0.1, 0.15) is 23.3 Å². The highest BCUT2D eigenvalue weighted by atomic mass is 19.3. The van der Waals surface area contributed by atoms with Crippen LogP contribution < -0.4 is 15.5 Å². The van der Waals surface area contributed by atoms with Crippen molar-refractivity contribution in [2.75, 3.05) is 29.9 Å². The third kappa shape index (κ3) is 3.91.